The molecule has 0 saturated heterocycles. The number of hydrogen-bond donors (Lipinski definition) is 1. The Labute approximate surface area is 129 Å². The fourth-order valence-corrected chi connectivity index (χ4v) is 3.00. The molecule has 3 nitrogen and oxygen atoms in total. The van der Waals surface area contributed by atoms with Crippen molar-refractivity contribution in [2.75, 3.05) is 0 Å². The lowest BCUT2D eigenvalue weighted by Crippen LogP contribution is -2.19. The van der Waals surface area contributed by atoms with Gasteiger partial charge in [-0.3, -0.25) is 0 Å². The van der Waals surface area contributed by atoms with E-state index in [-0.39, 0.29) is 6.04 Å². The molecule has 0 spiro atoms. The van der Waals surface area contributed by atoms with E-state index in [4.69, 9.17) is 17.3 Å². The van der Waals surface area contributed by atoms with Gasteiger partial charge >= 0.3 is 0 Å². The van der Waals surface area contributed by atoms with Crippen LogP contribution in [-0.4, -0.2) is 16.0 Å². The fourth-order valence-electron chi connectivity index (χ4n) is 1.90. The largest absolute Gasteiger partial charge is 0.328 e. The highest BCUT2D eigenvalue weighted by Crippen LogP contribution is 2.28. The van der Waals surface area contributed by atoms with E-state index in [9.17, 15) is 0 Å². The summed E-state index contributed by atoms with van der Waals surface area (Å²) in [7, 11) is 0. The molecule has 2 rings (SSSR count). The van der Waals surface area contributed by atoms with E-state index in [1.54, 1.807) is 11.8 Å². The fraction of sp³-hybridized carbons (Fsp3) is 0.333. The maximum Gasteiger partial charge on any atom is 0.139 e. The first-order valence-electron chi connectivity index (χ1n) is 6.51. The third kappa shape index (κ3) is 4.47. The minimum absolute atomic E-state index is 0.105. The van der Waals surface area contributed by atoms with Crippen molar-refractivity contribution in [3.05, 3.63) is 52.6 Å². The number of rotatable bonds is 5. The smallest absolute Gasteiger partial charge is 0.139 e. The predicted octanol–water partition coefficient (Wildman–Crippen LogP) is 3.62. The average molecular weight is 308 g/mol. The summed E-state index contributed by atoms with van der Waals surface area (Å²) in [5.74, 6) is 1.53. The predicted molar refractivity (Wildman–Crippen MR) is 85.1 cm³/mol. The third-order valence-electron chi connectivity index (χ3n) is 2.68. The number of benzene rings is 1. The van der Waals surface area contributed by atoms with Crippen molar-refractivity contribution in [3.8, 4) is 0 Å². The molecule has 1 aromatic heterocycles. The van der Waals surface area contributed by atoms with Gasteiger partial charge in [0.05, 0.1) is 10.8 Å². The monoisotopic (exact) mass is 307 g/mol. The van der Waals surface area contributed by atoms with Gasteiger partial charge in [-0.1, -0.05) is 23.7 Å². The number of hydrogen-bond acceptors (Lipinski definition) is 4. The summed E-state index contributed by atoms with van der Waals surface area (Å²) in [5, 5.41) is 0.765. The molecule has 2 aromatic rings. The molecule has 106 valence electrons. The van der Waals surface area contributed by atoms with Gasteiger partial charge in [0.1, 0.15) is 5.82 Å². The van der Waals surface area contributed by atoms with Crippen LogP contribution in [-0.2, 0) is 12.2 Å². The minimum atomic E-state index is 0.105. The molecular weight excluding hydrogens is 290 g/mol. The lowest BCUT2D eigenvalue weighted by atomic mass is 10.2. The molecule has 1 atom stereocenters. The molecule has 0 fully saturated rings. The van der Waals surface area contributed by atoms with Crippen molar-refractivity contribution in [1.29, 1.82) is 0 Å². The summed E-state index contributed by atoms with van der Waals surface area (Å²) in [6.45, 7) is 3.96. The average Bonchev–Trinajstić information content (AvgIpc) is 2.36. The van der Waals surface area contributed by atoms with Crippen LogP contribution >= 0.6 is 23.4 Å². The lowest BCUT2D eigenvalue weighted by Gasteiger charge is -2.08. The molecule has 0 aliphatic rings. The molecule has 0 radical (unpaired) electrons. The molecule has 0 amide bonds. The zero-order chi connectivity index (χ0) is 14.5. The second-order valence-corrected chi connectivity index (χ2v) is 6.24. The Hall–Kier alpha value is -1.10. The molecule has 0 bridgehead atoms. The maximum absolute atomic E-state index is 6.14. The van der Waals surface area contributed by atoms with Crippen molar-refractivity contribution in [2.45, 2.75) is 37.0 Å². The second-order valence-electron chi connectivity index (χ2n) is 4.82. The van der Waals surface area contributed by atoms with Gasteiger partial charge in [-0.25, -0.2) is 9.97 Å². The molecule has 0 aliphatic heterocycles. The Kier molecular flexibility index (Phi) is 5.40. The molecule has 1 heterocycles. The third-order valence-corrected chi connectivity index (χ3v) is 4.19. The van der Waals surface area contributed by atoms with Crippen molar-refractivity contribution >= 4 is 23.4 Å². The number of nitrogens with zero attached hydrogens (tertiary/aromatic N) is 2. The minimum Gasteiger partial charge on any atom is -0.328 e. The summed E-state index contributed by atoms with van der Waals surface area (Å²) < 4.78 is 0. The number of aryl methyl sites for hydroxylation is 1. The standard InChI is InChI=1S/C15H18ClN3S/c1-10(17)7-12-8-11(2)18-15(19-12)9-20-14-6-4-3-5-13(14)16/h3-6,8,10H,7,9,17H2,1-2H3. The van der Waals surface area contributed by atoms with E-state index >= 15 is 0 Å². The quantitative estimate of drug-likeness (QED) is 0.857. The summed E-state index contributed by atoms with van der Waals surface area (Å²) in [5.41, 5.74) is 7.81. The van der Waals surface area contributed by atoms with Crippen LogP contribution in [0.4, 0.5) is 0 Å². The van der Waals surface area contributed by atoms with Gasteiger partial charge in [0, 0.05) is 28.7 Å². The maximum atomic E-state index is 6.14. The first kappa shape index (κ1) is 15.3. The number of halogens is 1. The molecule has 1 unspecified atom stereocenters. The van der Waals surface area contributed by atoms with Crippen molar-refractivity contribution in [1.82, 2.24) is 9.97 Å². The number of thioether (sulfide) groups is 1. The van der Waals surface area contributed by atoms with Crippen LogP contribution in [0, 0.1) is 6.92 Å². The number of aromatic nitrogens is 2. The Balaban J connectivity index is 2.09. The van der Waals surface area contributed by atoms with Crippen LogP contribution in [0.3, 0.4) is 0 Å². The van der Waals surface area contributed by atoms with Crippen LogP contribution < -0.4 is 5.73 Å². The van der Waals surface area contributed by atoms with Gasteiger partial charge in [0.15, 0.2) is 0 Å². The van der Waals surface area contributed by atoms with E-state index in [2.05, 4.69) is 9.97 Å². The van der Waals surface area contributed by atoms with Gasteiger partial charge in [0.2, 0.25) is 0 Å². The first-order valence-corrected chi connectivity index (χ1v) is 7.87. The molecule has 2 N–H and O–H groups in total. The summed E-state index contributed by atoms with van der Waals surface area (Å²) in [6.07, 6.45) is 0.771. The van der Waals surface area contributed by atoms with Crippen molar-refractivity contribution in [2.24, 2.45) is 5.73 Å². The highest BCUT2D eigenvalue weighted by Gasteiger charge is 2.07. The number of nitrogens with two attached hydrogens (primary N) is 1. The van der Waals surface area contributed by atoms with E-state index < -0.39 is 0 Å². The van der Waals surface area contributed by atoms with E-state index in [0.29, 0.717) is 5.75 Å². The van der Waals surface area contributed by atoms with Gasteiger partial charge < -0.3 is 5.73 Å². The molecular formula is C15H18ClN3S. The van der Waals surface area contributed by atoms with E-state index in [1.807, 2.05) is 44.2 Å². The summed E-state index contributed by atoms with van der Waals surface area (Å²) in [6, 6.07) is 9.90. The Bertz CT molecular complexity index is 587. The SMILES string of the molecule is Cc1cc(CC(C)N)nc(CSc2ccccc2Cl)n1. The van der Waals surface area contributed by atoms with E-state index in [0.717, 1.165) is 33.6 Å². The van der Waals surface area contributed by atoms with E-state index in [1.165, 1.54) is 0 Å². The Morgan fingerprint density at radius 2 is 2.05 bits per heavy atom. The highest BCUT2D eigenvalue weighted by molar-refractivity contribution is 7.98. The van der Waals surface area contributed by atoms with Crippen LogP contribution in [0.5, 0.6) is 0 Å². The van der Waals surface area contributed by atoms with Crippen molar-refractivity contribution < 1.29 is 0 Å². The Morgan fingerprint density at radius 3 is 2.75 bits per heavy atom. The summed E-state index contributed by atoms with van der Waals surface area (Å²) >= 11 is 7.79. The normalized spacial score (nSPS) is 12.4. The van der Waals surface area contributed by atoms with Crippen LogP contribution in [0.15, 0.2) is 35.2 Å². The van der Waals surface area contributed by atoms with Gasteiger partial charge in [-0.05, 0) is 32.0 Å². The molecule has 20 heavy (non-hydrogen) atoms. The van der Waals surface area contributed by atoms with Crippen LogP contribution in [0.1, 0.15) is 24.1 Å². The molecule has 0 aliphatic carbocycles. The summed E-state index contributed by atoms with van der Waals surface area (Å²) in [4.78, 5) is 10.1. The second kappa shape index (κ2) is 7.07. The zero-order valence-electron chi connectivity index (χ0n) is 11.6. The zero-order valence-corrected chi connectivity index (χ0v) is 13.2. The Morgan fingerprint density at radius 1 is 1.30 bits per heavy atom. The topological polar surface area (TPSA) is 51.8 Å². The molecule has 0 saturated carbocycles. The molecule has 1 aromatic carbocycles. The highest BCUT2D eigenvalue weighted by atomic mass is 35.5. The van der Waals surface area contributed by atoms with Gasteiger partial charge in [-0.2, -0.15) is 0 Å². The van der Waals surface area contributed by atoms with Gasteiger partial charge in [-0.15, -0.1) is 11.8 Å². The lowest BCUT2D eigenvalue weighted by molar-refractivity contribution is 0.713. The van der Waals surface area contributed by atoms with Gasteiger partial charge in [0.25, 0.3) is 0 Å². The van der Waals surface area contributed by atoms with Crippen molar-refractivity contribution in [3.63, 3.8) is 0 Å². The first-order chi connectivity index (χ1) is 9.54. The van der Waals surface area contributed by atoms with Crippen LogP contribution in [0.2, 0.25) is 5.02 Å². The van der Waals surface area contributed by atoms with Crippen LogP contribution in [0.25, 0.3) is 0 Å². The molecule has 5 heteroatoms.